The highest BCUT2D eigenvalue weighted by molar-refractivity contribution is 7.89. The van der Waals surface area contributed by atoms with Crippen molar-refractivity contribution in [1.29, 1.82) is 0 Å². The van der Waals surface area contributed by atoms with E-state index in [0.29, 0.717) is 18.7 Å². The summed E-state index contributed by atoms with van der Waals surface area (Å²) in [6.45, 7) is 6.29. The van der Waals surface area contributed by atoms with Crippen LogP contribution in [0, 0.1) is 6.92 Å². The maximum Gasteiger partial charge on any atom is 0.253 e. The first-order valence-electron chi connectivity index (χ1n) is 8.76. The highest BCUT2D eigenvalue weighted by Gasteiger charge is 2.17. The minimum Gasteiger partial charge on any atom is -0.492 e. The van der Waals surface area contributed by atoms with E-state index in [1.807, 2.05) is 31.2 Å². The Labute approximate surface area is 161 Å². The molecular weight excluding hydrogens is 364 g/mol. The quantitative estimate of drug-likeness (QED) is 0.752. The van der Waals surface area contributed by atoms with Gasteiger partial charge in [-0.05, 0) is 62.7 Å². The second kappa shape index (κ2) is 9.01. The Morgan fingerprint density at radius 1 is 1.15 bits per heavy atom. The first-order valence-corrected chi connectivity index (χ1v) is 10.2. The number of likely N-dealkylation sites (N-methyl/N-ethyl adjacent to an activating group) is 1. The predicted molar refractivity (Wildman–Crippen MR) is 106 cm³/mol. The van der Waals surface area contributed by atoms with Crippen LogP contribution >= 0.6 is 0 Å². The maximum atomic E-state index is 12.5. The van der Waals surface area contributed by atoms with E-state index in [4.69, 9.17) is 4.74 Å². The molecule has 0 aliphatic rings. The topological polar surface area (TPSA) is 75.7 Å². The van der Waals surface area contributed by atoms with Crippen molar-refractivity contribution in [2.45, 2.75) is 31.7 Å². The van der Waals surface area contributed by atoms with Crippen molar-refractivity contribution in [3.8, 4) is 5.75 Å². The molecule has 27 heavy (non-hydrogen) atoms. The van der Waals surface area contributed by atoms with Crippen LogP contribution in [0.2, 0.25) is 0 Å². The average Bonchev–Trinajstić information content (AvgIpc) is 2.60. The highest BCUT2D eigenvalue weighted by Crippen LogP contribution is 2.14. The lowest BCUT2D eigenvalue weighted by atomic mass is 10.2. The summed E-state index contributed by atoms with van der Waals surface area (Å²) >= 11 is 0. The van der Waals surface area contributed by atoms with Gasteiger partial charge < -0.3 is 9.64 Å². The van der Waals surface area contributed by atoms with Gasteiger partial charge in [-0.3, -0.25) is 4.79 Å². The molecule has 7 heteroatoms. The van der Waals surface area contributed by atoms with Crippen LogP contribution in [0.15, 0.2) is 53.4 Å². The van der Waals surface area contributed by atoms with Crippen molar-refractivity contribution >= 4 is 15.9 Å². The van der Waals surface area contributed by atoms with Crippen molar-refractivity contribution in [2.75, 3.05) is 20.2 Å². The van der Waals surface area contributed by atoms with Gasteiger partial charge in [0.2, 0.25) is 10.0 Å². The summed E-state index contributed by atoms with van der Waals surface area (Å²) in [5.41, 5.74) is 1.54. The molecule has 0 unspecified atom stereocenters. The number of nitrogens with one attached hydrogen (secondary N) is 1. The van der Waals surface area contributed by atoms with Gasteiger partial charge in [0.05, 0.1) is 11.4 Å². The van der Waals surface area contributed by atoms with E-state index < -0.39 is 10.0 Å². The molecule has 0 aliphatic carbocycles. The number of amides is 1. The molecule has 1 N–H and O–H groups in total. The fourth-order valence-electron chi connectivity index (χ4n) is 2.48. The number of ether oxygens (including phenoxy) is 1. The zero-order chi connectivity index (χ0) is 20.0. The number of rotatable bonds is 8. The number of carbonyl (C=O) groups excluding carboxylic acids is 1. The molecule has 0 aromatic heterocycles. The molecular formula is C20H26N2O4S. The van der Waals surface area contributed by atoms with E-state index in [2.05, 4.69) is 4.72 Å². The van der Waals surface area contributed by atoms with Crippen LogP contribution in [0.3, 0.4) is 0 Å². The zero-order valence-corrected chi connectivity index (χ0v) is 16.9. The molecule has 0 saturated heterocycles. The van der Waals surface area contributed by atoms with Gasteiger partial charge in [-0.25, -0.2) is 13.1 Å². The first-order chi connectivity index (χ1) is 12.7. The minimum atomic E-state index is -3.57. The van der Waals surface area contributed by atoms with Gasteiger partial charge in [0.15, 0.2) is 0 Å². The Kier molecular flexibility index (Phi) is 6.98. The molecule has 0 bridgehead atoms. The molecule has 0 heterocycles. The van der Waals surface area contributed by atoms with Gasteiger partial charge in [0.1, 0.15) is 12.4 Å². The Morgan fingerprint density at radius 2 is 1.81 bits per heavy atom. The molecule has 0 fully saturated rings. The van der Waals surface area contributed by atoms with Gasteiger partial charge in [0.25, 0.3) is 5.91 Å². The summed E-state index contributed by atoms with van der Waals surface area (Å²) in [5.74, 6) is 0.576. The summed E-state index contributed by atoms with van der Waals surface area (Å²) < 4.78 is 32.4. The molecule has 2 aromatic rings. The van der Waals surface area contributed by atoms with Crippen molar-refractivity contribution in [1.82, 2.24) is 9.62 Å². The average molecular weight is 391 g/mol. The Balaban J connectivity index is 1.94. The summed E-state index contributed by atoms with van der Waals surface area (Å²) in [6.07, 6.45) is 0. The predicted octanol–water partition coefficient (Wildman–Crippen LogP) is 2.83. The monoisotopic (exact) mass is 390 g/mol. The second-order valence-corrected chi connectivity index (χ2v) is 8.41. The molecule has 2 rings (SSSR count). The zero-order valence-electron chi connectivity index (χ0n) is 16.1. The van der Waals surface area contributed by atoms with Crippen molar-refractivity contribution in [3.63, 3.8) is 0 Å². The smallest absolute Gasteiger partial charge is 0.253 e. The normalized spacial score (nSPS) is 11.4. The third kappa shape index (κ3) is 6.08. The largest absolute Gasteiger partial charge is 0.492 e. The van der Waals surface area contributed by atoms with Gasteiger partial charge in [-0.2, -0.15) is 0 Å². The van der Waals surface area contributed by atoms with Crippen molar-refractivity contribution in [3.05, 3.63) is 59.7 Å². The Morgan fingerprint density at radius 3 is 2.41 bits per heavy atom. The summed E-state index contributed by atoms with van der Waals surface area (Å²) in [6, 6.07) is 13.4. The molecule has 6 nitrogen and oxygen atoms in total. The van der Waals surface area contributed by atoms with Crippen LogP contribution in [0.1, 0.15) is 29.8 Å². The van der Waals surface area contributed by atoms with Crippen molar-refractivity contribution in [2.24, 2.45) is 0 Å². The van der Waals surface area contributed by atoms with E-state index in [0.717, 1.165) is 11.3 Å². The summed E-state index contributed by atoms with van der Waals surface area (Å²) in [4.78, 5) is 14.2. The molecule has 146 valence electrons. The first kappa shape index (κ1) is 20.9. The lowest BCUT2D eigenvalue weighted by Gasteiger charge is -2.18. The highest BCUT2D eigenvalue weighted by atomic mass is 32.2. The number of hydrogen-bond donors (Lipinski definition) is 1. The number of benzene rings is 2. The standard InChI is InChI=1S/C20H26N2O4S/c1-15(2)21-27(24,25)19-10-8-17(9-11-19)20(23)22(4)12-13-26-18-7-5-6-16(3)14-18/h5-11,14-15,21H,12-13H2,1-4H3. The molecule has 0 spiro atoms. The van der Waals surface area contributed by atoms with Crippen LogP contribution in [-0.2, 0) is 10.0 Å². The molecule has 2 aromatic carbocycles. The third-order valence-corrected chi connectivity index (χ3v) is 5.51. The number of sulfonamides is 1. The third-order valence-electron chi connectivity index (χ3n) is 3.83. The number of nitrogens with zero attached hydrogens (tertiary/aromatic N) is 1. The molecule has 0 aliphatic heterocycles. The number of hydrogen-bond acceptors (Lipinski definition) is 4. The lowest BCUT2D eigenvalue weighted by molar-refractivity contribution is 0.0773. The molecule has 0 saturated carbocycles. The van der Waals surface area contributed by atoms with Crippen LogP contribution in [-0.4, -0.2) is 45.5 Å². The van der Waals surface area contributed by atoms with E-state index in [-0.39, 0.29) is 16.8 Å². The van der Waals surface area contributed by atoms with E-state index in [1.165, 1.54) is 24.3 Å². The van der Waals surface area contributed by atoms with E-state index >= 15 is 0 Å². The van der Waals surface area contributed by atoms with Crippen molar-refractivity contribution < 1.29 is 17.9 Å². The summed E-state index contributed by atoms with van der Waals surface area (Å²) in [7, 11) is -1.88. The maximum absolute atomic E-state index is 12.5. The Hall–Kier alpha value is -2.38. The lowest BCUT2D eigenvalue weighted by Crippen LogP contribution is -2.31. The van der Waals surface area contributed by atoms with Crippen LogP contribution in [0.5, 0.6) is 5.75 Å². The molecule has 0 radical (unpaired) electrons. The SMILES string of the molecule is Cc1cccc(OCCN(C)C(=O)c2ccc(S(=O)(=O)NC(C)C)cc2)c1. The van der Waals surface area contributed by atoms with E-state index in [1.54, 1.807) is 25.8 Å². The van der Waals surface area contributed by atoms with Gasteiger partial charge in [-0.1, -0.05) is 12.1 Å². The number of aryl methyl sites for hydroxylation is 1. The fourth-order valence-corrected chi connectivity index (χ4v) is 3.73. The van der Waals surface area contributed by atoms with Gasteiger partial charge >= 0.3 is 0 Å². The minimum absolute atomic E-state index is 0.137. The molecule has 0 atom stereocenters. The van der Waals surface area contributed by atoms with Gasteiger partial charge in [-0.15, -0.1) is 0 Å². The number of carbonyl (C=O) groups is 1. The fraction of sp³-hybridized carbons (Fsp3) is 0.350. The Bertz CT molecular complexity index is 877. The molecule has 1 amide bonds. The summed E-state index contributed by atoms with van der Waals surface area (Å²) in [5, 5.41) is 0. The van der Waals surface area contributed by atoms with E-state index in [9.17, 15) is 13.2 Å². The van der Waals surface area contributed by atoms with Crippen LogP contribution in [0.25, 0.3) is 0 Å². The van der Waals surface area contributed by atoms with Crippen LogP contribution in [0.4, 0.5) is 0 Å². The van der Waals surface area contributed by atoms with Crippen LogP contribution < -0.4 is 9.46 Å². The second-order valence-electron chi connectivity index (χ2n) is 6.69. The van der Waals surface area contributed by atoms with Gasteiger partial charge in [0, 0.05) is 18.7 Å².